The summed E-state index contributed by atoms with van der Waals surface area (Å²) in [5, 5.41) is 3.15. The van der Waals surface area contributed by atoms with Crippen molar-refractivity contribution in [1.29, 1.82) is 0 Å². The van der Waals surface area contributed by atoms with Gasteiger partial charge in [-0.05, 0) is 68.5 Å². The lowest BCUT2D eigenvalue weighted by Crippen LogP contribution is -2.53. The summed E-state index contributed by atoms with van der Waals surface area (Å²) in [5.74, 6) is -0.0651. The molecule has 0 heterocycles. The highest BCUT2D eigenvalue weighted by Crippen LogP contribution is 2.32. The van der Waals surface area contributed by atoms with E-state index in [4.69, 9.17) is 9.47 Å². The monoisotopic (exact) mass is 621 g/mol. The highest BCUT2D eigenvalue weighted by atomic mass is 32.2. The van der Waals surface area contributed by atoms with Crippen LogP contribution in [0.5, 0.6) is 11.5 Å². The highest BCUT2D eigenvalue weighted by Gasteiger charge is 2.35. The fourth-order valence-corrected chi connectivity index (χ4v) is 7.03. The van der Waals surface area contributed by atoms with Crippen molar-refractivity contribution in [3.8, 4) is 11.5 Å². The van der Waals surface area contributed by atoms with Crippen LogP contribution < -0.4 is 19.1 Å². The molecule has 0 spiro atoms. The van der Waals surface area contributed by atoms with Crippen molar-refractivity contribution in [2.45, 2.75) is 76.4 Å². The molecule has 1 aliphatic rings. The van der Waals surface area contributed by atoms with Gasteiger partial charge in [0.05, 0.1) is 24.8 Å². The molecule has 1 aliphatic carbocycles. The van der Waals surface area contributed by atoms with Crippen LogP contribution in [0.1, 0.15) is 55.7 Å². The number of hydrogen-bond donors (Lipinski definition) is 1. The number of benzene rings is 3. The Labute approximate surface area is 261 Å². The second kappa shape index (κ2) is 14.6. The molecular weight excluding hydrogens is 578 g/mol. The van der Waals surface area contributed by atoms with Crippen molar-refractivity contribution >= 4 is 27.5 Å². The van der Waals surface area contributed by atoms with Crippen LogP contribution in [0.15, 0.2) is 71.6 Å². The zero-order valence-electron chi connectivity index (χ0n) is 26.2. The van der Waals surface area contributed by atoms with E-state index >= 15 is 0 Å². The van der Waals surface area contributed by atoms with E-state index in [1.165, 1.54) is 37.3 Å². The molecule has 3 aromatic rings. The smallest absolute Gasteiger partial charge is 0.264 e. The Balaban J connectivity index is 1.75. The number of sulfonamides is 1. The van der Waals surface area contributed by atoms with Crippen molar-refractivity contribution in [1.82, 2.24) is 10.2 Å². The van der Waals surface area contributed by atoms with Gasteiger partial charge in [-0.15, -0.1) is 0 Å². The number of methoxy groups -OCH3 is 2. The summed E-state index contributed by atoms with van der Waals surface area (Å²) < 4.78 is 40.2. The van der Waals surface area contributed by atoms with E-state index in [9.17, 15) is 18.0 Å². The van der Waals surface area contributed by atoms with Gasteiger partial charge in [0, 0.05) is 18.7 Å². The fourth-order valence-electron chi connectivity index (χ4n) is 5.60. The minimum atomic E-state index is -4.26. The Morgan fingerprint density at radius 1 is 0.932 bits per heavy atom. The average molecular weight is 622 g/mol. The Kier molecular flexibility index (Phi) is 10.9. The maximum Gasteiger partial charge on any atom is 0.264 e. The number of amides is 2. The van der Waals surface area contributed by atoms with E-state index in [2.05, 4.69) is 5.32 Å². The molecule has 44 heavy (non-hydrogen) atoms. The second-order valence-electron chi connectivity index (χ2n) is 11.2. The number of aryl methyl sites for hydroxylation is 2. The maximum absolute atomic E-state index is 14.3. The lowest BCUT2D eigenvalue weighted by molar-refractivity contribution is -0.140. The molecular formula is C34H43N3O6S. The Morgan fingerprint density at radius 2 is 1.59 bits per heavy atom. The molecule has 0 saturated heterocycles. The lowest BCUT2D eigenvalue weighted by Gasteiger charge is -2.34. The summed E-state index contributed by atoms with van der Waals surface area (Å²) in [4.78, 5) is 29.4. The van der Waals surface area contributed by atoms with E-state index in [0.29, 0.717) is 17.9 Å². The fraction of sp³-hybridized carbons (Fsp3) is 0.412. The third-order valence-electron chi connectivity index (χ3n) is 8.23. The molecule has 0 bridgehead atoms. The predicted octanol–water partition coefficient (Wildman–Crippen LogP) is 5.38. The van der Waals surface area contributed by atoms with E-state index in [-0.39, 0.29) is 29.1 Å². The molecule has 4 rings (SSSR count). The average Bonchev–Trinajstić information content (AvgIpc) is 3.53. The second-order valence-corrected chi connectivity index (χ2v) is 13.1. The van der Waals surface area contributed by atoms with Gasteiger partial charge in [0.2, 0.25) is 11.8 Å². The summed E-state index contributed by atoms with van der Waals surface area (Å²) in [5.41, 5.74) is 3.14. The van der Waals surface area contributed by atoms with Gasteiger partial charge >= 0.3 is 0 Å². The quantitative estimate of drug-likeness (QED) is 0.275. The van der Waals surface area contributed by atoms with Gasteiger partial charge in [-0.2, -0.15) is 0 Å². The number of nitrogens with zero attached hydrogens (tertiary/aromatic N) is 2. The highest BCUT2D eigenvalue weighted by molar-refractivity contribution is 7.92. The molecule has 3 aromatic carbocycles. The van der Waals surface area contributed by atoms with Gasteiger partial charge in [-0.1, -0.05) is 61.7 Å². The van der Waals surface area contributed by atoms with Gasteiger partial charge < -0.3 is 19.7 Å². The van der Waals surface area contributed by atoms with E-state index in [0.717, 1.165) is 46.7 Å². The molecule has 236 valence electrons. The predicted molar refractivity (Wildman–Crippen MR) is 171 cm³/mol. The summed E-state index contributed by atoms with van der Waals surface area (Å²) in [6.07, 6.45) is 4.33. The maximum atomic E-state index is 14.3. The molecule has 1 fully saturated rings. The third kappa shape index (κ3) is 7.53. The summed E-state index contributed by atoms with van der Waals surface area (Å²) in [6.45, 7) is 5.40. The first-order chi connectivity index (χ1) is 21.1. The van der Waals surface area contributed by atoms with Gasteiger partial charge in [0.25, 0.3) is 10.0 Å². The third-order valence-corrected chi connectivity index (χ3v) is 10.0. The standard InChI is InChI=1S/C34H43N3O6S/c1-6-30(34(39)35-27-13-9-10-14-27)36(22-26-12-8-7-11-25(26)3)33(38)23-37(28-17-15-24(2)16-18-28)44(40,41)29-19-20-31(42-4)32(21-29)43-5/h7-8,11-12,15-21,27,30H,6,9-10,13-14,22-23H2,1-5H3,(H,35,39)/t30-/m0/s1. The van der Waals surface area contributed by atoms with Crippen LogP contribution in [-0.2, 0) is 26.2 Å². The first-order valence-corrected chi connectivity index (χ1v) is 16.5. The van der Waals surface area contributed by atoms with Gasteiger partial charge in [0.15, 0.2) is 11.5 Å². The van der Waals surface area contributed by atoms with Crippen LogP contribution in [0.3, 0.4) is 0 Å². The van der Waals surface area contributed by atoms with Crippen LogP contribution in [0.4, 0.5) is 5.69 Å². The Bertz CT molecular complexity index is 1550. The largest absolute Gasteiger partial charge is 0.493 e. The molecule has 1 saturated carbocycles. The normalized spacial score (nSPS) is 14.1. The molecule has 1 atom stereocenters. The molecule has 9 nitrogen and oxygen atoms in total. The number of ether oxygens (including phenoxy) is 2. The number of rotatable bonds is 13. The van der Waals surface area contributed by atoms with Crippen LogP contribution in [0.25, 0.3) is 0 Å². The van der Waals surface area contributed by atoms with Crippen molar-refractivity contribution in [2.75, 3.05) is 25.1 Å². The van der Waals surface area contributed by atoms with Gasteiger partial charge in [-0.3, -0.25) is 13.9 Å². The van der Waals surface area contributed by atoms with Crippen LogP contribution in [0, 0.1) is 13.8 Å². The Hall–Kier alpha value is -4.05. The van der Waals surface area contributed by atoms with Gasteiger partial charge in [-0.25, -0.2) is 8.42 Å². The molecule has 10 heteroatoms. The van der Waals surface area contributed by atoms with Crippen molar-refractivity contribution in [2.24, 2.45) is 0 Å². The minimum Gasteiger partial charge on any atom is -0.493 e. The molecule has 0 unspecified atom stereocenters. The minimum absolute atomic E-state index is 0.0556. The number of carbonyl (C=O) groups is 2. The zero-order valence-corrected chi connectivity index (χ0v) is 27.0. The topological polar surface area (TPSA) is 105 Å². The molecule has 1 N–H and O–H groups in total. The summed E-state index contributed by atoms with van der Waals surface area (Å²) in [7, 11) is -1.35. The first-order valence-electron chi connectivity index (χ1n) is 15.0. The number of nitrogens with one attached hydrogen (secondary N) is 1. The molecule has 0 aromatic heterocycles. The van der Waals surface area contributed by atoms with Crippen LogP contribution in [-0.4, -0.2) is 58.0 Å². The lowest BCUT2D eigenvalue weighted by atomic mass is 10.1. The molecule has 2 amide bonds. The summed E-state index contributed by atoms with van der Waals surface area (Å²) >= 11 is 0. The van der Waals surface area contributed by atoms with E-state index in [1.807, 2.05) is 45.0 Å². The van der Waals surface area contributed by atoms with Crippen molar-refractivity contribution < 1.29 is 27.5 Å². The van der Waals surface area contributed by atoms with Crippen LogP contribution in [0.2, 0.25) is 0 Å². The van der Waals surface area contributed by atoms with Crippen molar-refractivity contribution in [3.05, 3.63) is 83.4 Å². The molecule has 0 aliphatic heterocycles. The Morgan fingerprint density at radius 3 is 2.20 bits per heavy atom. The SMILES string of the molecule is CC[C@@H](C(=O)NC1CCCC1)N(Cc1ccccc1C)C(=O)CN(c1ccc(C)cc1)S(=O)(=O)c1ccc(OC)c(OC)c1. The van der Waals surface area contributed by atoms with E-state index < -0.39 is 28.5 Å². The first kappa shape index (κ1) is 32.9. The number of hydrogen-bond acceptors (Lipinski definition) is 6. The number of carbonyl (C=O) groups excluding carboxylic acids is 2. The van der Waals surface area contributed by atoms with E-state index in [1.54, 1.807) is 24.3 Å². The summed E-state index contributed by atoms with van der Waals surface area (Å²) in [6, 6.07) is 18.3. The number of anilines is 1. The van der Waals surface area contributed by atoms with Crippen LogP contribution >= 0.6 is 0 Å². The molecule has 0 radical (unpaired) electrons. The van der Waals surface area contributed by atoms with Gasteiger partial charge in [0.1, 0.15) is 12.6 Å². The zero-order chi connectivity index (χ0) is 31.9. The van der Waals surface area contributed by atoms with Crippen molar-refractivity contribution in [3.63, 3.8) is 0 Å².